The molecule has 0 aromatic rings. The number of piperazine rings is 1. The molecule has 5 heteroatoms. The third-order valence-corrected chi connectivity index (χ3v) is 3.49. The second-order valence-corrected chi connectivity index (χ2v) is 4.82. The monoisotopic (exact) mass is 239 g/mol. The Labute approximate surface area is 102 Å². The minimum absolute atomic E-state index is 0.104. The van der Waals surface area contributed by atoms with Crippen molar-refractivity contribution in [3.63, 3.8) is 0 Å². The van der Waals surface area contributed by atoms with E-state index in [0.717, 1.165) is 39.1 Å². The Kier molecular flexibility index (Phi) is 3.99. The Morgan fingerprint density at radius 2 is 2.12 bits per heavy atom. The summed E-state index contributed by atoms with van der Waals surface area (Å²) in [7, 11) is 0. The van der Waals surface area contributed by atoms with Gasteiger partial charge in [-0.3, -0.25) is 9.59 Å². The summed E-state index contributed by atoms with van der Waals surface area (Å²) in [5, 5.41) is 3.23. The molecule has 2 aliphatic heterocycles. The summed E-state index contributed by atoms with van der Waals surface area (Å²) in [5.41, 5.74) is 0. The van der Waals surface area contributed by atoms with Crippen molar-refractivity contribution in [2.75, 3.05) is 39.3 Å². The lowest BCUT2D eigenvalue weighted by molar-refractivity contribution is -0.136. The average molecular weight is 239 g/mol. The van der Waals surface area contributed by atoms with Crippen LogP contribution < -0.4 is 5.32 Å². The molecular formula is C12H21N3O2. The van der Waals surface area contributed by atoms with E-state index in [1.807, 2.05) is 9.80 Å². The lowest BCUT2D eigenvalue weighted by Gasteiger charge is -2.29. The zero-order valence-electron chi connectivity index (χ0n) is 10.4. The standard InChI is InChI=1S/C12H21N3O2/c1-2-5-15-9-10(8-11(15)16)12(17)14-6-3-13-4-7-14/h10,13H,2-9H2,1H3. The van der Waals surface area contributed by atoms with E-state index < -0.39 is 0 Å². The van der Waals surface area contributed by atoms with Gasteiger partial charge in [0, 0.05) is 45.7 Å². The zero-order valence-corrected chi connectivity index (χ0v) is 10.4. The van der Waals surface area contributed by atoms with Crippen molar-refractivity contribution in [2.24, 2.45) is 5.92 Å². The highest BCUT2D eigenvalue weighted by Crippen LogP contribution is 2.20. The molecule has 2 saturated heterocycles. The van der Waals surface area contributed by atoms with Gasteiger partial charge in [-0.25, -0.2) is 0 Å². The fourth-order valence-electron chi connectivity index (χ4n) is 2.57. The number of hydrogen-bond donors (Lipinski definition) is 1. The maximum Gasteiger partial charge on any atom is 0.228 e. The van der Waals surface area contributed by atoms with Crippen LogP contribution in [-0.2, 0) is 9.59 Å². The zero-order chi connectivity index (χ0) is 12.3. The Balaban J connectivity index is 1.90. The smallest absolute Gasteiger partial charge is 0.228 e. The Morgan fingerprint density at radius 3 is 2.76 bits per heavy atom. The normalized spacial score (nSPS) is 25.5. The molecule has 2 fully saturated rings. The van der Waals surface area contributed by atoms with E-state index in [0.29, 0.717) is 13.0 Å². The topological polar surface area (TPSA) is 52.7 Å². The largest absolute Gasteiger partial charge is 0.342 e. The summed E-state index contributed by atoms with van der Waals surface area (Å²) in [6, 6.07) is 0. The van der Waals surface area contributed by atoms with Crippen molar-refractivity contribution in [3.8, 4) is 0 Å². The number of carbonyl (C=O) groups is 2. The molecule has 1 unspecified atom stereocenters. The van der Waals surface area contributed by atoms with Crippen molar-refractivity contribution >= 4 is 11.8 Å². The van der Waals surface area contributed by atoms with Gasteiger partial charge in [0.05, 0.1) is 5.92 Å². The highest BCUT2D eigenvalue weighted by Gasteiger charge is 2.36. The van der Waals surface area contributed by atoms with Crippen molar-refractivity contribution in [1.29, 1.82) is 0 Å². The molecular weight excluding hydrogens is 218 g/mol. The molecule has 2 heterocycles. The van der Waals surface area contributed by atoms with Crippen LogP contribution in [0.2, 0.25) is 0 Å². The maximum atomic E-state index is 12.2. The number of carbonyl (C=O) groups excluding carboxylic acids is 2. The molecule has 1 atom stereocenters. The van der Waals surface area contributed by atoms with Crippen LogP contribution in [0.5, 0.6) is 0 Å². The van der Waals surface area contributed by atoms with Gasteiger partial charge in [0.25, 0.3) is 0 Å². The summed E-state index contributed by atoms with van der Waals surface area (Å²) in [6.45, 7) is 6.74. The minimum Gasteiger partial charge on any atom is -0.342 e. The Bertz CT molecular complexity index is 300. The Morgan fingerprint density at radius 1 is 1.41 bits per heavy atom. The first kappa shape index (κ1) is 12.4. The summed E-state index contributed by atoms with van der Waals surface area (Å²) >= 11 is 0. The van der Waals surface area contributed by atoms with Crippen LogP contribution in [-0.4, -0.2) is 60.9 Å². The predicted molar refractivity (Wildman–Crippen MR) is 64.4 cm³/mol. The molecule has 1 N–H and O–H groups in total. The van der Waals surface area contributed by atoms with Crippen LogP contribution in [0.1, 0.15) is 19.8 Å². The summed E-state index contributed by atoms with van der Waals surface area (Å²) in [4.78, 5) is 27.6. The highest BCUT2D eigenvalue weighted by molar-refractivity contribution is 5.89. The summed E-state index contributed by atoms with van der Waals surface area (Å²) in [5.74, 6) is 0.200. The number of hydrogen-bond acceptors (Lipinski definition) is 3. The molecule has 0 spiro atoms. The van der Waals surface area contributed by atoms with Gasteiger partial charge in [-0.1, -0.05) is 6.92 Å². The molecule has 0 aromatic carbocycles. The number of rotatable bonds is 3. The van der Waals surface area contributed by atoms with Gasteiger partial charge in [-0.2, -0.15) is 0 Å². The van der Waals surface area contributed by atoms with Gasteiger partial charge < -0.3 is 15.1 Å². The molecule has 0 aliphatic carbocycles. The average Bonchev–Trinajstić information content (AvgIpc) is 2.72. The van der Waals surface area contributed by atoms with E-state index in [-0.39, 0.29) is 17.7 Å². The minimum atomic E-state index is -0.104. The van der Waals surface area contributed by atoms with Crippen molar-refractivity contribution < 1.29 is 9.59 Å². The lowest BCUT2D eigenvalue weighted by Crippen LogP contribution is -2.48. The third-order valence-electron chi connectivity index (χ3n) is 3.49. The van der Waals surface area contributed by atoms with E-state index in [4.69, 9.17) is 0 Å². The molecule has 5 nitrogen and oxygen atoms in total. The highest BCUT2D eigenvalue weighted by atomic mass is 16.2. The van der Waals surface area contributed by atoms with Gasteiger partial charge in [0.1, 0.15) is 0 Å². The van der Waals surface area contributed by atoms with E-state index in [9.17, 15) is 9.59 Å². The quantitative estimate of drug-likeness (QED) is 0.734. The Hall–Kier alpha value is -1.10. The van der Waals surface area contributed by atoms with Crippen LogP contribution >= 0.6 is 0 Å². The first-order chi connectivity index (χ1) is 8.22. The molecule has 0 bridgehead atoms. The number of amides is 2. The molecule has 2 rings (SSSR count). The van der Waals surface area contributed by atoms with Gasteiger partial charge in [0.15, 0.2) is 0 Å². The summed E-state index contributed by atoms with van der Waals surface area (Å²) < 4.78 is 0. The van der Waals surface area contributed by atoms with Gasteiger partial charge in [0.2, 0.25) is 11.8 Å². The van der Waals surface area contributed by atoms with Crippen molar-refractivity contribution in [3.05, 3.63) is 0 Å². The van der Waals surface area contributed by atoms with E-state index in [1.54, 1.807) is 0 Å². The predicted octanol–water partition coefficient (Wildman–Crippen LogP) is -0.323. The molecule has 2 aliphatic rings. The van der Waals surface area contributed by atoms with Gasteiger partial charge in [-0.15, -0.1) is 0 Å². The van der Waals surface area contributed by atoms with Crippen LogP contribution in [0.25, 0.3) is 0 Å². The number of nitrogens with zero attached hydrogens (tertiary/aromatic N) is 2. The second-order valence-electron chi connectivity index (χ2n) is 4.82. The lowest BCUT2D eigenvalue weighted by atomic mass is 10.1. The SMILES string of the molecule is CCCN1CC(C(=O)N2CCNCC2)CC1=O. The first-order valence-electron chi connectivity index (χ1n) is 6.49. The number of likely N-dealkylation sites (tertiary alicyclic amines) is 1. The van der Waals surface area contributed by atoms with E-state index in [1.165, 1.54) is 0 Å². The molecule has 0 radical (unpaired) electrons. The fraction of sp³-hybridized carbons (Fsp3) is 0.833. The van der Waals surface area contributed by atoms with Crippen molar-refractivity contribution in [1.82, 2.24) is 15.1 Å². The molecule has 2 amide bonds. The van der Waals surface area contributed by atoms with Crippen LogP contribution in [0.15, 0.2) is 0 Å². The van der Waals surface area contributed by atoms with Gasteiger partial charge >= 0.3 is 0 Å². The first-order valence-corrected chi connectivity index (χ1v) is 6.49. The van der Waals surface area contributed by atoms with Crippen molar-refractivity contribution in [2.45, 2.75) is 19.8 Å². The maximum absolute atomic E-state index is 12.2. The number of nitrogens with one attached hydrogen (secondary N) is 1. The van der Waals surface area contributed by atoms with Crippen LogP contribution in [0, 0.1) is 5.92 Å². The van der Waals surface area contributed by atoms with Crippen LogP contribution in [0.3, 0.4) is 0 Å². The molecule has 96 valence electrons. The molecule has 0 saturated carbocycles. The van der Waals surface area contributed by atoms with Gasteiger partial charge in [-0.05, 0) is 6.42 Å². The summed E-state index contributed by atoms with van der Waals surface area (Å²) in [6.07, 6.45) is 1.36. The third kappa shape index (κ3) is 2.77. The van der Waals surface area contributed by atoms with Crippen LogP contribution in [0.4, 0.5) is 0 Å². The fourth-order valence-corrected chi connectivity index (χ4v) is 2.57. The molecule has 17 heavy (non-hydrogen) atoms. The van der Waals surface area contributed by atoms with E-state index in [2.05, 4.69) is 12.2 Å². The molecule has 0 aromatic heterocycles. The van der Waals surface area contributed by atoms with E-state index >= 15 is 0 Å². The second kappa shape index (κ2) is 5.49.